The van der Waals surface area contributed by atoms with E-state index in [2.05, 4.69) is 61.3 Å². The summed E-state index contributed by atoms with van der Waals surface area (Å²) in [5, 5.41) is 3.76. The highest BCUT2D eigenvalue weighted by atomic mass is 15.2. The van der Waals surface area contributed by atoms with Gasteiger partial charge in [0.05, 0.1) is 0 Å². The minimum atomic E-state index is 0.544. The van der Waals surface area contributed by atoms with Crippen molar-refractivity contribution in [3.63, 3.8) is 0 Å². The molecule has 1 heterocycles. The zero-order chi connectivity index (χ0) is 15.1. The van der Waals surface area contributed by atoms with Crippen molar-refractivity contribution in [2.75, 3.05) is 19.6 Å². The molecule has 0 amide bonds. The lowest BCUT2D eigenvalue weighted by Gasteiger charge is -2.42. The average molecular weight is 288 g/mol. The third-order valence-corrected chi connectivity index (χ3v) is 4.73. The summed E-state index contributed by atoms with van der Waals surface area (Å²) in [4.78, 5) is 2.71. The van der Waals surface area contributed by atoms with Crippen molar-refractivity contribution in [2.24, 2.45) is 5.92 Å². The normalized spacial score (nSPS) is 23.6. The van der Waals surface area contributed by atoms with Gasteiger partial charge < -0.3 is 5.32 Å². The number of benzene rings is 1. The van der Waals surface area contributed by atoms with E-state index in [1.54, 1.807) is 0 Å². The van der Waals surface area contributed by atoms with Crippen molar-refractivity contribution < 1.29 is 0 Å². The number of unbranched alkanes of at least 4 members (excludes halogenated alkanes) is 3. The molecular weight excluding hydrogens is 256 g/mol. The van der Waals surface area contributed by atoms with Crippen LogP contribution in [0.5, 0.6) is 0 Å². The fourth-order valence-corrected chi connectivity index (χ4v) is 3.28. The molecule has 0 saturated carbocycles. The summed E-state index contributed by atoms with van der Waals surface area (Å²) in [5.41, 5.74) is 1.46. The van der Waals surface area contributed by atoms with Gasteiger partial charge in [-0.3, -0.25) is 4.90 Å². The maximum atomic E-state index is 3.76. The zero-order valence-corrected chi connectivity index (χ0v) is 14.0. The van der Waals surface area contributed by atoms with E-state index in [4.69, 9.17) is 0 Å². The first-order valence-electron chi connectivity index (χ1n) is 8.74. The Morgan fingerprint density at radius 2 is 1.90 bits per heavy atom. The maximum Gasteiger partial charge on any atom is 0.0473 e. The first kappa shape index (κ1) is 16.5. The Labute approximate surface area is 130 Å². The average Bonchev–Trinajstić information content (AvgIpc) is 2.52. The zero-order valence-electron chi connectivity index (χ0n) is 14.0. The number of rotatable bonds is 7. The standard InChI is InChI=1S/C19H32N2/c1-4-5-6-10-13-21-15-18(16(2)3)20-14-19(21)17-11-8-7-9-12-17/h7-9,11-12,16,18-20H,4-6,10,13-15H2,1-3H3. The molecule has 1 N–H and O–H groups in total. The number of hydrogen-bond donors (Lipinski definition) is 1. The van der Waals surface area contributed by atoms with Crippen LogP contribution in [-0.2, 0) is 0 Å². The van der Waals surface area contributed by atoms with E-state index in [9.17, 15) is 0 Å². The predicted molar refractivity (Wildman–Crippen MR) is 91.5 cm³/mol. The molecule has 1 aromatic carbocycles. The molecule has 0 aliphatic carbocycles. The molecule has 1 saturated heterocycles. The molecule has 0 bridgehead atoms. The topological polar surface area (TPSA) is 15.3 Å². The van der Waals surface area contributed by atoms with Crippen LogP contribution in [-0.4, -0.2) is 30.6 Å². The van der Waals surface area contributed by atoms with Gasteiger partial charge in [-0.2, -0.15) is 0 Å². The Morgan fingerprint density at radius 1 is 1.14 bits per heavy atom. The van der Waals surface area contributed by atoms with Crippen LogP contribution in [0, 0.1) is 5.92 Å². The summed E-state index contributed by atoms with van der Waals surface area (Å²) in [6.45, 7) is 10.5. The highest BCUT2D eigenvalue weighted by Crippen LogP contribution is 2.25. The first-order valence-corrected chi connectivity index (χ1v) is 8.74. The van der Waals surface area contributed by atoms with Crippen LogP contribution in [0.1, 0.15) is 58.1 Å². The summed E-state index contributed by atoms with van der Waals surface area (Å²) < 4.78 is 0. The van der Waals surface area contributed by atoms with Gasteiger partial charge in [0.2, 0.25) is 0 Å². The number of nitrogens with zero attached hydrogens (tertiary/aromatic N) is 1. The Balaban J connectivity index is 1.99. The van der Waals surface area contributed by atoms with Crippen LogP contribution in [0.3, 0.4) is 0 Å². The van der Waals surface area contributed by atoms with Gasteiger partial charge in [0, 0.05) is 25.2 Å². The van der Waals surface area contributed by atoms with Crippen molar-refractivity contribution in [3.05, 3.63) is 35.9 Å². The molecule has 2 nitrogen and oxygen atoms in total. The van der Waals surface area contributed by atoms with Gasteiger partial charge in [-0.1, -0.05) is 70.4 Å². The van der Waals surface area contributed by atoms with E-state index in [1.165, 1.54) is 44.3 Å². The third kappa shape index (κ3) is 4.82. The van der Waals surface area contributed by atoms with Crippen molar-refractivity contribution in [1.29, 1.82) is 0 Å². The summed E-state index contributed by atoms with van der Waals surface area (Å²) in [7, 11) is 0. The molecule has 2 atom stereocenters. The van der Waals surface area contributed by atoms with Crippen molar-refractivity contribution >= 4 is 0 Å². The van der Waals surface area contributed by atoms with Crippen LogP contribution in [0.4, 0.5) is 0 Å². The van der Waals surface area contributed by atoms with E-state index >= 15 is 0 Å². The molecule has 2 rings (SSSR count). The molecule has 0 aromatic heterocycles. The molecule has 1 aromatic rings. The lowest BCUT2D eigenvalue weighted by molar-refractivity contribution is 0.111. The maximum absolute atomic E-state index is 3.76. The first-order chi connectivity index (χ1) is 10.2. The Kier molecular flexibility index (Phi) is 6.72. The fraction of sp³-hybridized carbons (Fsp3) is 0.684. The lowest BCUT2D eigenvalue weighted by atomic mass is 9.95. The van der Waals surface area contributed by atoms with Gasteiger partial charge >= 0.3 is 0 Å². The molecule has 1 fully saturated rings. The molecule has 1 aliphatic rings. The van der Waals surface area contributed by atoms with Crippen LogP contribution in [0.2, 0.25) is 0 Å². The smallest absolute Gasteiger partial charge is 0.0473 e. The Hall–Kier alpha value is -0.860. The van der Waals surface area contributed by atoms with Gasteiger partial charge in [0.1, 0.15) is 0 Å². The second-order valence-electron chi connectivity index (χ2n) is 6.74. The number of piperazine rings is 1. The van der Waals surface area contributed by atoms with Gasteiger partial charge in [-0.25, -0.2) is 0 Å². The van der Waals surface area contributed by atoms with E-state index in [0.29, 0.717) is 18.0 Å². The van der Waals surface area contributed by atoms with E-state index in [0.717, 1.165) is 6.54 Å². The second kappa shape index (κ2) is 8.55. The quantitative estimate of drug-likeness (QED) is 0.755. The van der Waals surface area contributed by atoms with Crippen LogP contribution in [0.25, 0.3) is 0 Å². The van der Waals surface area contributed by atoms with Crippen molar-refractivity contribution in [2.45, 2.75) is 58.5 Å². The highest BCUT2D eigenvalue weighted by molar-refractivity contribution is 5.20. The Morgan fingerprint density at radius 3 is 2.57 bits per heavy atom. The number of nitrogens with one attached hydrogen (secondary N) is 1. The van der Waals surface area contributed by atoms with Crippen molar-refractivity contribution in [3.8, 4) is 0 Å². The largest absolute Gasteiger partial charge is 0.311 e. The van der Waals surface area contributed by atoms with E-state index < -0.39 is 0 Å². The minimum absolute atomic E-state index is 0.544. The predicted octanol–water partition coefficient (Wildman–Crippen LogP) is 4.24. The van der Waals surface area contributed by atoms with E-state index in [1.807, 2.05) is 0 Å². The van der Waals surface area contributed by atoms with Gasteiger partial charge in [-0.05, 0) is 24.4 Å². The summed E-state index contributed by atoms with van der Waals surface area (Å²) in [5.74, 6) is 0.708. The monoisotopic (exact) mass is 288 g/mol. The minimum Gasteiger partial charge on any atom is -0.311 e. The van der Waals surface area contributed by atoms with E-state index in [-0.39, 0.29) is 0 Å². The molecule has 118 valence electrons. The molecule has 2 heteroatoms. The molecule has 1 aliphatic heterocycles. The van der Waals surface area contributed by atoms with Crippen LogP contribution < -0.4 is 5.32 Å². The SMILES string of the molecule is CCCCCCN1CC(C(C)C)NCC1c1ccccc1. The van der Waals surface area contributed by atoms with Crippen LogP contribution in [0.15, 0.2) is 30.3 Å². The third-order valence-electron chi connectivity index (χ3n) is 4.73. The number of hydrogen-bond acceptors (Lipinski definition) is 2. The molecule has 21 heavy (non-hydrogen) atoms. The highest BCUT2D eigenvalue weighted by Gasteiger charge is 2.29. The molecular formula is C19H32N2. The Bertz CT molecular complexity index is 388. The second-order valence-corrected chi connectivity index (χ2v) is 6.74. The summed E-state index contributed by atoms with van der Waals surface area (Å²) in [6.07, 6.45) is 5.39. The van der Waals surface area contributed by atoms with Gasteiger partial charge in [0.25, 0.3) is 0 Å². The van der Waals surface area contributed by atoms with Crippen molar-refractivity contribution in [1.82, 2.24) is 10.2 Å². The van der Waals surface area contributed by atoms with Gasteiger partial charge in [-0.15, -0.1) is 0 Å². The molecule has 0 spiro atoms. The summed E-state index contributed by atoms with van der Waals surface area (Å²) >= 11 is 0. The fourth-order valence-electron chi connectivity index (χ4n) is 3.28. The van der Waals surface area contributed by atoms with Crippen LogP contribution >= 0.6 is 0 Å². The molecule has 2 unspecified atom stereocenters. The van der Waals surface area contributed by atoms with Gasteiger partial charge in [0.15, 0.2) is 0 Å². The lowest BCUT2D eigenvalue weighted by Crippen LogP contribution is -2.54. The molecule has 0 radical (unpaired) electrons. The summed E-state index contributed by atoms with van der Waals surface area (Å²) in [6, 6.07) is 12.2.